The summed E-state index contributed by atoms with van der Waals surface area (Å²) in [5.41, 5.74) is 2.85. The number of nitrogens with zero attached hydrogens (tertiary/aromatic N) is 6. The number of piperazine rings is 1. The number of ether oxygens (including phenoxy) is 1. The van der Waals surface area contributed by atoms with Gasteiger partial charge in [0.1, 0.15) is 23.2 Å². The number of carbonyl (C=O) groups is 1. The summed E-state index contributed by atoms with van der Waals surface area (Å²) >= 11 is 0. The van der Waals surface area contributed by atoms with Crippen LogP contribution in [0.5, 0.6) is 5.75 Å². The van der Waals surface area contributed by atoms with Crippen molar-refractivity contribution in [2.24, 2.45) is 0 Å². The Kier molecular flexibility index (Phi) is 6.07. The molecular weight excluding hydrogens is 447 g/mol. The van der Waals surface area contributed by atoms with Crippen LogP contribution < -0.4 is 9.64 Å². The number of hydrogen-bond acceptors (Lipinski definition) is 6. The molecule has 0 spiro atoms. The summed E-state index contributed by atoms with van der Waals surface area (Å²) in [7, 11) is 1.64. The van der Waals surface area contributed by atoms with Gasteiger partial charge in [-0.1, -0.05) is 13.0 Å². The first kappa shape index (κ1) is 22.8. The van der Waals surface area contributed by atoms with Crippen molar-refractivity contribution in [1.82, 2.24) is 24.6 Å². The van der Waals surface area contributed by atoms with Crippen LogP contribution in [0.3, 0.4) is 0 Å². The van der Waals surface area contributed by atoms with Crippen LogP contribution in [0.2, 0.25) is 0 Å². The van der Waals surface area contributed by atoms with Crippen molar-refractivity contribution in [3.05, 3.63) is 71.4 Å². The van der Waals surface area contributed by atoms with Crippen molar-refractivity contribution in [3.63, 3.8) is 0 Å². The summed E-state index contributed by atoms with van der Waals surface area (Å²) in [5.74, 6) is 1.78. The maximum absolute atomic E-state index is 13.6. The quantitative estimate of drug-likeness (QED) is 0.438. The second-order valence-corrected chi connectivity index (χ2v) is 8.50. The fourth-order valence-corrected chi connectivity index (χ4v) is 4.42. The average molecular weight is 475 g/mol. The first-order chi connectivity index (χ1) is 17.0. The lowest BCUT2D eigenvalue weighted by Crippen LogP contribution is -2.49. The highest BCUT2D eigenvalue weighted by molar-refractivity contribution is 5.95. The number of amides is 1. The molecule has 0 saturated carbocycles. The van der Waals surface area contributed by atoms with Crippen LogP contribution in [-0.4, -0.2) is 63.8 Å². The van der Waals surface area contributed by atoms with Crippen molar-refractivity contribution in [2.75, 3.05) is 38.2 Å². The van der Waals surface area contributed by atoms with Crippen molar-refractivity contribution in [2.45, 2.75) is 20.3 Å². The standard InChI is InChI=1S/C26H27FN6O2/c1-4-22-28-24(31-12-14-32(15-13-31)26(34)18-6-5-7-19(27)16-18)23-17(2)30-33(25(23)29-22)20-8-10-21(35-3)11-9-20/h5-11,16H,4,12-15H2,1-3H3. The lowest BCUT2D eigenvalue weighted by atomic mass is 10.1. The number of aryl methyl sites for hydroxylation is 2. The van der Waals surface area contributed by atoms with Gasteiger partial charge in [-0.05, 0) is 49.4 Å². The van der Waals surface area contributed by atoms with E-state index in [2.05, 4.69) is 4.90 Å². The number of methoxy groups -OCH3 is 1. The van der Waals surface area contributed by atoms with E-state index in [0.29, 0.717) is 38.2 Å². The Bertz CT molecular complexity index is 1380. The van der Waals surface area contributed by atoms with E-state index in [0.717, 1.165) is 39.8 Å². The van der Waals surface area contributed by atoms with Crippen molar-refractivity contribution >= 4 is 22.8 Å². The number of carbonyl (C=O) groups excluding carboxylic acids is 1. The summed E-state index contributed by atoms with van der Waals surface area (Å²) < 4.78 is 20.7. The van der Waals surface area contributed by atoms with E-state index >= 15 is 0 Å². The number of rotatable bonds is 5. The van der Waals surface area contributed by atoms with Crippen molar-refractivity contribution in [1.29, 1.82) is 0 Å². The van der Waals surface area contributed by atoms with Gasteiger partial charge in [-0.25, -0.2) is 19.0 Å². The van der Waals surface area contributed by atoms with Gasteiger partial charge < -0.3 is 14.5 Å². The topological polar surface area (TPSA) is 76.4 Å². The Hall–Kier alpha value is -4.01. The molecule has 0 bridgehead atoms. The monoisotopic (exact) mass is 474 g/mol. The summed E-state index contributed by atoms with van der Waals surface area (Å²) in [6.07, 6.45) is 0.688. The Morgan fingerprint density at radius 1 is 1.06 bits per heavy atom. The predicted octanol–water partition coefficient (Wildman–Crippen LogP) is 3.80. The third-order valence-corrected chi connectivity index (χ3v) is 6.30. The molecule has 2 aromatic heterocycles. The van der Waals surface area contributed by atoms with Gasteiger partial charge in [0.05, 0.1) is 23.9 Å². The van der Waals surface area contributed by atoms with E-state index in [-0.39, 0.29) is 5.91 Å². The van der Waals surface area contributed by atoms with Gasteiger partial charge in [0.2, 0.25) is 0 Å². The summed E-state index contributed by atoms with van der Waals surface area (Å²) in [6, 6.07) is 13.5. The number of halogens is 1. The van der Waals surface area contributed by atoms with E-state index < -0.39 is 5.82 Å². The second-order valence-electron chi connectivity index (χ2n) is 8.50. The van der Waals surface area contributed by atoms with Crippen LogP contribution in [0.4, 0.5) is 10.2 Å². The molecule has 1 fully saturated rings. The zero-order valence-corrected chi connectivity index (χ0v) is 20.0. The SMILES string of the molecule is CCc1nc(N2CCN(C(=O)c3cccc(F)c3)CC2)c2c(C)nn(-c3ccc(OC)cc3)c2n1. The molecule has 3 heterocycles. The third-order valence-electron chi connectivity index (χ3n) is 6.30. The summed E-state index contributed by atoms with van der Waals surface area (Å²) in [6.45, 7) is 6.26. The molecule has 0 aliphatic carbocycles. The molecule has 9 heteroatoms. The van der Waals surface area contributed by atoms with E-state index in [4.69, 9.17) is 19.8 Å². The number of fused-ring (bicyclic) bond motifs is 1. The van der Waals surface area contributed by atoms with Crippen LogP contribution in [0.1, 0.15) is 28.8 Å². The Balaban J connectivity index is 1.45. The molecule has 180 valence electrons. The summed E-state index contributed by atoms with van der Waals surface area (Å²) in [5, 5.41) is 5.69. The van der Waals surface area contributed by atoms with Gasteiger partial charge in [0.25, 0.3) is 5.91 Å². The first-order valence-corrected chi connectivity index (χ1v) is 11.7. The zero-order chi connectivity index (χ0) is 24.5. The minimum Gasteiger partial charge on any atom is -0.497 e. The Morgan fingerprint density at radius 2 is 1.80 bits per heavy atom. The summed E-state index contributed by atoms with van der Waals surface area (Å²) in [4.78, 5) is 26.5. The van der Waals surface area contributed by atoms with Gasteiger partial charge in [0, 0.05) is 38.2 Å². The van der Waals surface area contributed by atoms with Crippen LogP contribution in [0.25, 0.3) is 16.7 Å². The van der Waals surface area contributed by atoms with Gasteiger partial charge in [-0.15, -0.1) is 0 Å². The molecule has 1 aliphatic rings. The lowest BCUT2D eigenvalue weighted by Gasteiger charge is -2.35. The normalized spacial score (nSPS) is 13.9. The van der Waals surface area contributed by atoms with Gasteiger partial charge in [-0.2, -0.15) is 5.10 Å². The van der Waals surface area contributed by atoms with Gasteiger partial charge in [-0.3, -0.25) is 4.79 Å². The number of aromatic nitrogens is 4. The highest BCUT2D eigenvalue weighted by atomic mass is 19.1. The minimum absolute atomic E-state index is 0.158. The molecule has 1 saturated heterocycles. The fourth-order valence-electron chi connectivity index (χ4n) is 4.42. The molecule has 0 unspecified atom stereocenters. The van der Waals surface area contributed by atoms with Crippen molar-refractivity contribution in [3.8, 4) is 11.4 Å². The maximum atomic E-state index is 13.6. The van der Waals surface area contributed by atoms with Gasteiger partial charge in [0.15, 0.2) is 5.65 Å². The molecule has 8 nitrogen and oxygen atoms in total. The third kappa shape index (κ3) is 4.29. The van der Waals surface area contributed by atoms with Crippen LogP contribution in [-0.2, 0) is 6.42 Å². The highest BCUT2D eigenvalue weighted by Crippen LogP contribution is 2.30. The van der Waals surface area contributed by atoms with Gasteiger partial charge >= 0.3 is 0 Å². The number of anilines is 1. The van der Waals surface area contributed by atoms with Crippen molar-refractivity contribution < 1.29 is 13.9 Å². The number of hydrogen-bond donors (Lipinski definition) is 0. The Labute approximate surface area is 203 Å². The molecule has 35 heavy (non-hydrogen) atoms. The van der Waals surface area contributed by atoms with Crippen LogP contribution in [0.15, 0.2) is 48.5 Å². The number of benzene rings is 2. The maximum Gasteiger partial charge on any atom is 0.254 e. The average Bonchev–Trinajstić information content (AvgIpc) is 3.24. The first-order valence-electron chi connectivity index (χ1n) is 11.7. The smallest absolute Gasteiger partial charge is 0.254 e. The molecule has 1 aliphatic heterocycles. The Morgan fingerprint density at radius 3 is 2.46 bits per heavy atom. The van der Waals surface area contributed by atoms with E-state index in [9.17, 15) is 9.18 Å². The molecule has 2 aromatic carbocycles. The molecular formula is C26H27FN6O2. The fraction of sp³-hybridized carbons (Fsp3) is 0.308. The molecule has 5 rings (SSSR count). The molecule has 4 aromatic rings. The van der Waals surface area contributed by atoms with E-state index in [1.54, 1.807) is 24.1 Å². The van der Waals surface area contributed by atoms with Crippen LogP contribution >= 0.6 is 0 Å². The molecule has 0 N–H and O–H groups in total. The minimum atomic E-state index is -0.408. The predicted molar refractivity (Wildman–Crippen MR) is 132 cm³/mol. The van der Waals surface area contributed by atoms with Crippen LogP contribution in [0, 0.1) is 12.7 Å². The molecule has 1 amide bonds. The molecule has 0 radical (unpaired) electrons. The lowest BCUT2D eigenvalue weighted by molar-refractivity contribution is 0.0746. The largest absolute Gasteiger partial charge is 0.497 e. The highest BCUT2D eigenvalue weighted by Gasteiger charge is 2.27. The second kappa shape index (κ2) is 9.32. The van der Waals surface area contributed by atoms with E-state index in [1.807, 2.05) is 42.8 Å². The zero-order valence-electron chi connectivity index (χ0n) is 20.0. The van der Waals surface area contributed by atoms with E-state index in [1.165, 1.54) is 12.1 Å². The molecule has 0 atom stereocenters.